The van der Waals surface area contributed by atoms with Crippen molar-refractivity contribution in [1.29, 1.82) is 0 Å². The second kappa shape index (κ2) is 8.50. The number of benzene rings is 1. The standard InChI is InChI=1S/C21H25N3O2S/c1-15(25)24-10-8-16-6-4-5-7-18(16)19(24)12-21(26)22-13-20(23(2)3)17-9-11-27-14-17/h4-11,14,19-20H,12-13H2,1-3H3,(H,22,26)/t19-,20+/m0/s1. The van der Waals surface area contributed by atoms with Crippen molar-refractivity contribution in [2.24, 2.45) is 0 Å². The van der Waals surface area contributed by atoms with E-state index in [2.05, 4.69) is 21.7 Å². The summed E-state index contributed by atoms with van der Waals surface area (Å²) in [5, 5.41) is 7.20. The molecule has 1 aromatic carbocycles. The number of likely N-dealkylation sites (N-methyl/N-ethyl adjacent to an activating group) is 1. The van der Waals surface area contributed by atoms with Gasteiger partial charge in [-0.15, -0.1) is 0 Å². The summed E-state index contributed by atoms with van der Waals surface area (Å²) in [5.74, 6) is -0.124. The number of amides is 2. The van der Waals surface area contributed by atoms with E-state index in [4.69, 9.17) is 0 Å². The minimum atomic E-state index is -0.275. The van der Waals surface area contributed by atoms with E-state index in [9.17, 15) is 9.59 Å². The molecule has 1 aliphatic rings. The molecule has 0 aliphatic carbocycles. The maximum Gasteiger partial charge on any atom is 0.223 e. The topological polar surface area (TPSA) is 52.7 Å². The van der Waals surface area contributed by atoms with Gasteiger partial charge in [0.25, 0.3) is 0 Å². The fourth-order valence-electron chi connectivity index (χ4n) is 3.43. The third-order valence-electron chi connectivity index (χ3n) is 4.89. The molecule has 2 heterocycles. The SMILES string of the molecule is CC(=O)N1C=Cc2ccccc2[C@@H]1CC(=O)NC[C@H](c1ccsc1)N(C)C. The monoisotopic (exact) mass is 383 g/mol. The van der Waals surface area contributed by atoms with Gasteiger partial charge in [0.05, 0.1) is 18.5 Å². The van der Waals surface area contributed by atoms with E-state index in [0.717, 1.165) is 11.1 Å². The van der Waals surface area contributed by atoms with Gasteiger partial charge in [0, 0.05) is 19.7 Å². The lowest BCUT2D eigenvalue weighted by Gasteiger charge is -2.32. The Kier molecular flexibility index (Phi) is 6.08. The average Bonchev–Trinajstić information content (AvgIpc) is 3.16. The molecule has 142 valence electrons. The van der Waals surface area contributed by atoms with Crippen molar-refractivity contribution in [3.8, 4) is 0 Å². The Morgan fingerprint density at radius 3 is 2.70 bits per heavy atom. The molecule has 0 saturated carbocycles. The lowest BCUT2D eigenvalue weighted by Crippen LogP contribution is -2.38. The molecule has 5 nitrogen and oxygen atoms in total. The second-order valence-corrected chi connectivity index (χ2v) is 7.71. The van der Waals surface area contributed by atoms with Crippen LogP contribution in [-0.2, 0) is 9.59 Å². The minimum Gasteiger partial charge on any atom is -0.354 e. The third kappa shape index (κ3) is 4.46. The zero-order valence-corrected chi connectivity index (χ0v) is 16.7. The summed E-state index contributed by atoms with van der Waals surface area (Å²) in [4.78, 5) is 28.5. The largest absolute Gasteiger partial charge is 0.354 e. The van der Waals surface area contributed by atoms with Crippen LogP contribution in [-0.4, -0.2) is 42.3 Å². The first-order valence-electron chi connectivity index (χ1n) is 8.98. The van der Waals surface area contributed by atoms with E-state index in [1.807, 2.05) is 49.8 Å². The number of thiophene rings is 1. The van der Waals surface area contributed by atoms with Gasteiger partial charge in [0.1, 0.15) is 0 Å². The van der Waals surface area contributed by atoms with E-state index < -0.39 is 0 Å². The molecule has 0 bridgehead atoms. The molecule has 1 N–H and O–H groups in total. The predicted octanol–water partition coefficient (Wildman–Crippen LogP) is 3.43. The van der Waals surface area contributed by atoms with Gasteiger partial charge in [0.15, 0.2) is 0 Å². The summed E-state index contributed by atoms with van der Waals surface area (Å²) in [6.45, 7) is 2.06. The molecular weight excluding hydrogens is 358 g/mol. The Morgan fingerprint density at radius 2 is 2.04 bits per heavy atom. The van der Waals surface area contributed by atoms with Crippen LogP contribution in [0.3, 0.4) is 0 Å². The van der Waals surface area contributed by atoms with E-state index in [0.29, 0.717) is 6.54 Å². The minimum absolute atomic E-state index is 0.0570. The van der Waals surface area contributed by atoms with Crippen LogP contribution in [0.25, 0.3) is 6.08 Å². The average molecular weight is 384 g/mol. The van der Waals surface area contributed by atoms with Gasteiger partial charge in [-0.2, -0.15) is 11.3 Å². The molecule has 2 atom stereocenters. The Bertz CT molecular complexity index is 830. The van der Waals surface area contributed by atoms with Crippen molar-refractivity contribution >= 4 is 29.2 Å². The zero-order chi connectivity index (χ0) is 19.4. The van der Waals surface area contributed by atoms with Crippen LogP contribution in [0, 0.1) is 0 Å². The zero-order valence-electron chi connectivity index (χ0n) is 15.9. The summed E-state index contributed by atoms with van der Waals surface area (Å²) >= 11 is 1.65. The Balaban J connectivity index is 1.70. The molecule has 2 aromatic rings. The van der Waals surface area contributed by atoms with Crippen LogP contribution in [0.5, 0.6) is 0 Å². The molecule has 2 amide bonds. The van der Waals surface area contributed by atoms with Gasteiger partial charge < -0.3 is 15.1 Å². The summed E-state index contributed by atoms with van der Waals surface area (Å²) in [6.07, 6.45) is 3.94. The molecule has 0 saturated heterocycles. The van der Waals surface area contributed by atoms with Crippen LogP contribution >= 0.6 is 11.3 Å². The third-order valence-corrected chi connectivity index (χ3v) is 5.59. The van der Waals surface area contributed by atoms with Gasteiger partial charge in [-0.05, 0) is 53.7 Å². The molecule has 3 rings (SSSR count). The van der Waals surface area contributed by atoms with Crippen LogP contribution in [0.2, 0.25) is 0 Å². The maximum atomic E-state index is 12.7. The Hall–Kier alpha value is -2.44. The number of nitrogens with one attached hydrogen (secondary N) is 1. The van der Waals surface area contributed by atoms with Crippen molar-refractivity contribution in [3.05, 3.63) is 64.0 Å². The number of hydrogen-bond acceptors (Lipinski definition) is 4. The Morgan fingerprint density at radius 1 is 1.26 bits per heavy atom. The number of hydrogen-bond donors (Lipinski definition) is 1. The lowest BCUT2D eigenvalue weighted by molar-refractivity contribution is -0.130. The van der Waals surface area contributed by atoms with Crippen molar-refractivity contribution < 1.29 is 9.59 Å². The number of carbonyl (C=O) groups is 2. The van der Waals surface area contributed by atoms with E-state index >= 15 is 0 Å². The van der Waals surface area contributed by atoms with Gasteiger partial charge in [-0.3, -0.25) is 9.59 Å². The van der Waals surface area contributed by atoms with Gasteiger partial charge in [-0.25, -0.2) is 0 Å². The molecule has 0 unspecified atom stereocenters. The molecule has 1 aliphatic heterocycles. The molecular formula is C21H25N3O2S. The van der Waals surface area contributed by atoms with Crippen LogP contribution < -0.4 is 5.32 Å². The smallest absolute Gasteiger partial charge is 0.223 e. The number of nitrogens with zero attached hydrogens (tertiary/aromatic N) is 2. The second-order valence-electron chi connectivity index (χ2n) is 6.93. The van der Waals surface area contributed by atoms with Gasteiger partial charge in [0.2, 0.25) is 11.8 Å². The van der Waals surface area contributed by atoms with E-state index in [-0.39, 0.29) is 30.3 Å². The number of carbonyl (C=O) groups excluding carboxylic acids is 2. The summed E-state index contributed by atoms with van der Waals surface area (Å²) < 4.78 is 0. The number of rotatable bonds is 6. The summed E-state index contributed by atoms with van der Waals surface area (Å²) in [6, 6.07) is 9.84. The van der Waals surface area contributed by atoms with Gasteiger partial charge in [-0.1, -0.05) is 24.3 Å². The lowest BCUT2D eigenvalue weighted by atomic mass is 9.93. The van der Waals surface area contributed by atoms with Crippen LogP contribution in [0.4, 0.5) is 0 Å². The molecule has 6 heteroatoms. The Labute approximate surface area is 164 Å². The highest BCUT2D eigenvalue weighted by atomic mass is 32.1. The highest BCUT2D eigenvalue weighted by Gasteiger charge is 2.28. The van der Waals surface area contributed by atoms with Crippen LogP contribution in [0.15, 0.2) is 47.3 Å². The van der Waals surface area contributed by atoms with Crippen molar-refractivity contribution in [2.45, 2.75) is 25.4 Å². The highest BCUT2D eigenvalue weighted by molar-refractivity contribution is 7.07. The van der Waals surface area contributed by atoms with Crippen molar-refractivity contribution in [1.82, 2.24) is 15.1 Å². The van der Waals surface area contributed by atoms with Crippen molar-refractivity contribution in [3.63, 3.8) is 0 Å². The molecule has 0 radical (unpaired) electrons. The first-order chi connectivity index (χ1) is 13.0. The fraction of sp³-hybridized carbons (Fsp3) is 0.333. The fourth-order valence-corrected chi connectivity index (χ4v) is 4.14. The number of fused-ring (bicyclic) bond motifs is 1. The first kappa shape index (κ1) is 19.3. The van der Waals surface area contributed by atoms with Crippen LogP contribution in [0.1, 0.15) is 42.1 Å². The van der Waals surface area contributed by atoms with E-state index in [1.54, 1.807) is 22.4 Å². The summed E-state index contributed by atoms with van der Waals surface area (Å²) in [7, 11) is 4.02. The maximum absolute atomic E-state index is 12.7. The quantitative estimate of drug-likeness (QED) is 0.831. The van der Waals surface area contributed by atoms with Crippen molar-refractivity contribution in [2.75, 3.05) is 20.6 Å². The van der Waals surface area contributed by atoms with Gasteiger partial charge >= 0.3 is 0 Å². The van der Waals surface area contributed by atoms with E-state index in [1.165, 1.54) is 12.5 Å². The predicted molar refractivity (Wildman–Crippen MR) is 109 cm³/mol. The first-order valence-corrected chi connectivity index (χ1v) is 9.93. The molecule has 27 heavy (non-hydrogen) atoms. The molecule has 0 spiro atoms. The summed E-state index contributed by atoms with van der Waals surface area (Å²) in [5.41, 5.74) is 3.26. The molecule has 0 fully saturated rings. The normalized spacial score (nSPS) is 16.9. The highest BCUT2D eigenvalue weighted by Crippen LogP contribution is 2.32. The molecule has 1 aromatic heterocycles.